The predicted molar refractivity (Wildman–Crippen MR) is 86.8 cm³/mol. The first-order valence-electron chi connectivity index (χ1n) is 7.39. The van der Waals surface area contributed by atoms with E-state index < -0.39 is 5.54 Å². The first kappa shape index (κ1) is 15.2. The monoisotopic (exact) mass is 313 g/mol. The summed E-state index contributed by atoms with van der Waals surface area (Å²) in [6.45, 7) is 7.87. The topological polar surface area (TPSA) is 74.2 Å². The Kier molecular flexibility index (Phi) is 3.43. The zero-order chi connectivity index (χ0) is 16.8. The third-order valence-electron chi connectivity index (χ3n) is 3.56. The summed E-state index contributed by atoms with van der Waals surface area (Å²) in [5.41, 5.74) is 1.31. The molecule has 120 valence electrons. The molecule has 0 aliphatic rings. The van der Waals surface area contributed by atoms with Crippen LogP contribution in [0.2, 0.25) is 0 Å². The van der Waals surface area contributed by atoms with E-state index in [-0.39, 0.29) is 17.8 Å². The number of hydrogen-bond donors (Lipinski definition) is 0. The quantitative estimate of drug-likeness (QED) is 0.711. The normalized spacial score (nSPS) is 12.0. The molecule has 3 rings (SSSR count). The van der Waals surface area contributed by atoms with E-state index in [4.69, 9.17) is 0 Å². The van der Waals surface area contributed by atoms with E-state index in [1.165, 1.54) is 26.0 Å². The zero-order valence-corrected chi connectivity index (χ0v) is 13.6. The minimum Gasteiger partial charge on any atom is -0.275 e. The third-order valence-corrected chi connectivity index (χ3v) is 3.56. The fourth-order valence-electron chi connectivity index (χ4n) is 2.42. The van der Waals surface area contributed by atoms with Gasteiger partial charge in [0.1, 0.15) is 12.0 Å². The van der Waals surface area contributed by atoms with Crippen LogP contribution in [0.15, 0.2) is 40.3 Å². The van der Waals surface area contributed by atoms with Crippen LogP contribution < -0.4 is 11.2 Å². The summed E-state index contributed by atoms with van der Waals surface area (Å²) in [4.78, 5) is 29.0. The molecule has 7 nitrogen and oxygen atoms in total. The molecule has 0 amide bonds. The standard InChI is InChI=1S/C16H19N5O2/c1-11-5-6-13-18-12(7-14(22)20(13)8-11)9-19-10-17-21(15(19)23)16(2,3)4/h5-8,10H,9H2,1-4H3. The van der Waals surface area contributed by atoms with Gasteiger partial charge in [0.25, 0.3) is 5.56 Å². The van der Waals surface area contributed by atoms with Gasteiger partial charge in [-0.15, -0.1) is 0 Å². The van der Waals surface area contributed by atoms with Crippen molar-refractivity contribution in [2.24, 2.45) is 0 Å². The van der Waals surface area contributed by atoms with Gasteiger partial charge >= 0.3 is 5.69 Å². The lowest BCUT2D eigenvalue weighted by Crippen LogP contribution is -2.36. The highest BCUT2D eigenvalue weighted by Gasteiger charge is 2.18. The summed E-state index contributed by atoms with van der Waals surface area (Å²) in [6, 6.07) is 5.14. The van der Waals surface area contributed by atoms with Gasteiger partial charge in [-0.25, -0.2) is 14.5 Å². The van der Waals surface area contributed by atoms with Crippen LogP contribution in [0.1, 0.15) is 32.0 Å². The largest absolute Gasteiger partial charge is 0.346 e. The summed E-state index contributed by atoms with van der Waals surface area (Å²) in [5.74, 6) is 0. The molecule has 0 aromatic carbocycles. The van der Waals surface area contributed by atoms with Gasteiger partial charge in [0.05, 0.1) is 17.8 Å². The second kappa shape index (κ2) is 5.19. The molecule has 0 aliphatic carbocycles. The molecule has 0 spiro atoms. The van der Waals surface area contributed by atoms with Crippen LogP contribution in [-0.2, 0) is 12.1 Å². The van der Waals surface area contributed by atoms with E-state index in [1.54, 1.807) is 12.3 Å². The third kappa shape index (κ3) is 2.81. The molecular weight excluding hydrogens is 294 g/mol. The summed E-state index contributed by atoms with van der Waals surface area (Å²) < 4.78 is 4.38. The number of hydrogen-bond acceptors (Lipinski definition) is 4. The van der Waals surface area contributed by atoms with Gasteiger partial charge in [-0.2, -0.15) is 5.10 Å². The van der Waals surface area contributed by atoms with Gasteiger partial charge in [0, 0.05) is 12.3 Å². The average Bonchev–Trinajstić information content (AvgIpc) is 2.81. The fraction of sp³-hybridized carbons (Fsp3) is 0.375. The number of rotatable bonds is 2. The maximum atomic E-state index is 12.4. The van der Waals surface area contributed by atoms with Gasteiger partial charge in [-0.3, -0.25) is 13.8 Å². The van der Waals surface area contributed by atoms with Gasteiger partial charge < -0.3 is 0 Å². The second-order valence-electron chi connectivity index (χ2n) is 6.64. The number of aryl methyl sites for hydroxylation is 1. The highest BCUT2D eigenvalue weighted by molar-refractivity contribution is 5.39. The van der Waals surface area contributed by atoms with E-state index >= 15 is 0 Å². The first-order valence-corrected chi connectivity index (χ1v) is 7.39. The Labute approximate surface area is 132 Å². The molecule has 7 heteroatoms. The molecule has 3 aromatic rings. The Bertz CT molecular complexity index is 988. The summed E-state index contributed by atoms with van der Waals surface area (Å²) in [6.07, 6.45) is 3.23. The van der Waals surface area contributed by atoms with E-state index in [2.05, 4.69) is 10.1 Å². The molecule has 0 N–H and O–H groups in total. The zero-order valence-electron chi connectivity index (χ0n) is 13.6. The number of nitrogens with zero attached hydrogens (tertiary/aromatic N) is 5. The summed E-state index contributed by atoms with van der Waals surface area (Å²) in [7, 11) is 0. The highest BCUT2D eigenvalue weighted by Crippen LogP contribution is 2.08. The van der Waals surface area contributed by atoms with Crippen LogP contribution in [0.5, 0.6) is 0 Å². The smallest absolute Gasteiger partial charge is 0.275 e. The minimum atomic E-state index is -0.393. The van der Waals surface area contributed by atoms with Crippen molar-refractivity contribution in [1.29, 1.82) is 0 Å². The van der Waals surface area contributed by atoms with Crippen molar-refractivity contribution in [2.75, 3.05) is 0 Å². The molecule has 3 aromatic heterocycles. The first-order chi connectivity index (χ1) is 10.8. The highest BCUT2D eigenvalue weighted by atomic mass is 16.2. The van der Waals surface area contributed by atoms with E-state index in [0.717, 1.165) is 5.56 Å². The summed E-state index contributed by atoms with van der Waals surface area (Å²) >= 11 is 0. The molecule has 0 bridgehead atoms. The Hall–Kier alpha value is -2.70. The predicted octanol–water partition coefficient (Wildman–Crippen LogP) is 1.16. The van der Waals surface area contributed by atoms with Gasteiger partial charge in [0.15, 0.2) is 0 Å². The number of aromatic nitrogens is 5. The Morgan fingerprint density at radius 1 is 1.17 bits per heavy atom. The van der Waals surface area contributed by atoms with E-state index in [9.17, 15) is 9.59 Å². The maximum absolute atomic E-state index is 12.4. The van der Waals surface area contributed by atoms with Crippen LogP contribution >= 0.6 is 0 Å². The van der Waals surface area contributed by atoms with Gasteiger partial charge in [-0.05, 0) is 39.3 Å². The molecule has 0 atom stereocenters. The molecule has 0 aliphatic heterocycles. The molecule has 0 fully saturated rings. The van der Waals surface area contributed by atoms with Gasteiger partial charge in [0.2, 0.25) is 0 Å². The van der Waals surface area contributed by atoms with E-state index in [1.807, 2.05) is 33.8 Å². The molecular formula is C16H19N5O2. The molecule has 0 saturated heterocycles. The van der Waals surface area contributed by atoms with Crippen LogP contribution in [0.4, 0.5) is 0 Å². The maximum Gasteiger partial charge on any atom is 0.346 e. The van der Waals surface area contributed by atoms with Crippen molar-refractivity contribution in [3.05, 3.63) is 62.8 Å². The van der Waals surface area contributed by atoms with E-state index in [0.29, 0.717) is 11.3 Å². The van der Waals surface area contributed by atoms with Crippen molar-refractivity contribution in [1.82, 2.24) is 23.7 Å². The number of pyridine rings is 1. The van der Waals surface area contributed by atoms with Crippen molar-refractivity contribution >= 4 is 5.65 Å². The molecule has 0 unspecified atom stereocenters. The van der Waals surface area contributed by atoms with Crippen molar-refractivity contribution < 1.29 is 0 Å². The Balaban J connectivity index is 2.03. The lowest BCUT2D eigenvalue weighted by molar-refractivity contribution is 0.340. The van der Waals surface area contributed by atoms with Crippen LogP contribution in [0, 0.1) is 6.92 Å². The van der Waals surface area contributed by atoms with Gasteiger partial charge in [-0.1, -0.05) is 6.07 Å². The van der Waals surface area contributed by atoms with Crippen LogP contribution in [0.3, 0.4) is 0 Å². The minimum absolute atomic E-state index is 0.162. The van der Waals surface area contributed by atoms with Crippen molar-refractivity contribution in [2.45, 2.75) is 39.8 Å². The van der Waals surface area contributed by atoms with Crippen molar-refractivity contribution in [3.63, 3.8) is 0 Å². The SMILES string of the molecule is Cc1ccc2nc(Cn3cnn(C(C)(C)C)c3=O)cc(=O)n2c1. The fourth-order valence-corrected chi connectivity index (χ4v) is 2.42. The lowest BCUT2D eigenvalue weighted by Gasteiger charge is -2.16. The van der Waals surface area contributed by atoms with Crippen LogP contribution in [-0.4, -0.2) is 23.7 Å². The molecule has 3 heterocycles. The van der Waals surface area contributed by atoms with Crippen molar-refractivity contribution in [3.8, 4) is 0 Å². The molecule has 23 heavy (non-hydrogen) atoms. The Morgan fingerprint density at radius 3 is 2.57 bits per heavy atom. The average molecular weight is 313 g/mol. The number of fused-ring (bicyclic) bond motifs is 1. The molecule has 0 saturated carbocycles. The second-order valence-corrected chi connectivity index (χ2v) is 6.64. The Morgan fingerprint density at radius 2 is 1.91 bits per heavy atom. The molecule has 0 radical (unpaired) electrons. The summed E-state index contributed by atoms with van der Waals surface area (Å²) in [5, 5.41) is 4.14. The van der Waals surface area contributed by atoms with Crippen LogP contribution in [0.25, 0.3) is 5.65 Å². The lowest BCUT2D eigenvalue weighted by atomic mass is 10.1.